The molecule has 0 spiro atoms. The number of nitrogens with two attached hydrogens (primary N) is 1. The van der Waals surface area contributed by atoms with Gasteiger partial charge in [0.05, 0.1) is 22.4 Å². The Bertz CT molecular complexity index is 728. The maximum absolute atomic E-state index is 6.09. The number of hydrogen-bond acceptors (Lipinski definition) is 3. The molecule has 3 nitrogen and oxygen atoms in total. The van der Waals surface area contributed by atoms with E-state index in [0.717, 1.165) is 22.7 Å². The van der Waals surface area contributed by atoms with Crippen molar-refractivity contribution < 1.29 is 0 Å². The molecule has 20 heavy (non-hydrogen) atoms. The normalized spacial score (nSPS) is 10.9. The predicted octanol–water partition coefficient (Wildman–Crippen LogP) is 4.40. The van der Waals surface area contributed by atoms with Crippen LogP contribution in [0.4, 0.5) is 5.69 Å². The fourth-order valence-electron chi connectivity index (χ4n) is 2.00. The number of nitrogen functional groups attached to an aromatic ring is 1. The van der Waals surface area contributed by atoms with Crippen molar-refractivity contribution in [1.82, 2.24) is 9.78 Å². The first-order valence-corrected chi connectivity index (χ1v) is 7.57. The fraction of sp³-hybridized carbons (Fsp3) is 0.133. The van der Waals surface area contributed by atoms with E-state index in [1.807, 2.05) is 30.5 Å². The summed E-state index contributed by atoms with van der Waals surface area (Å²) >= 11 is 7.63. The molecule has 2 heterocycles. The van der Waals surface area contributed by atoms with Gasteiger partial charge in [0.15, 0.2) is 0 Å². The van der Waals surface area contributed by atoms with Crippen molar-refractivity contribution in [1.29, 1.82) is 0 Å². The third-order valence-electron chi connectivity index (χ3n) is 3.08. The maximum Gasteiger partial charge on any atom is 0.126 e. The summed E-state index contributed by atoms with van der Waals surface area (Å²) in [6.07, 6.45) is 2.87. The zero-order valence-corrected chi connectivity index (χ0v) is 12.6. The van der Waals surface area contributed by atoms with Crippen LogP contribution >= 0.6 is 22.9 Å². The van der Waals surface area contributed by atoms with E-state index in [1.54, 1.807) is 16.0 Å². The Morgan fingerprint density at radius 2 is 1.95 bits per heavy atom. The Kier molecular flexibility index (Phi) is 3.51. The third kappa shape index (κ3) is 2.44. The van der Waals surface area contributed by atoms with Crippen LogP contribution in [0, 0.1) is 0 Å². The van der Waals surface area contributed by atoms with Crippen molar-refractivity contribution in [2.75, 3.05) is 5.73 Å². The monoisotopic (exact) mass is 303 g/mol. The number of aryl methyl sites for hydroxylation is 1. The average Bonchev–Trinajstić information content (AvgIpc) is 3.05. The molecule has 1 aromatic carbocycles. The topological polar surface area (TPSA) is 43.8 Å². The first-order chi connectivity index (χ1) is 9.67. The molecule has 102 valence electrons. The summed E-state index contributed by atoms with van der Waals surface area (Å²) in [7, 11) is 0. The lowest BCUT2D eigenvalue weighted by Gasteiger charge is -2.00. The summed E-state index contributed by atoms with van der Waals surface area (Å²) in [4.78, 5) is 2.44. The van der Waals surface area contributed by atoms with Gasteiger partial charge < -0.3 is 5.73 Å². The highest BCUT2D eigenvalue weighted by Gasteiger charge is 2.11. The Balaban J connectivity index is 2.00. The average molecular weight is 304 g/mol. The van der Waals surface area contributed by atoms with Crippen LogP contribution < -0.4 is 5.73 Å². The summed E-state index contributed by atoms with van der Waals surface area (Å²) in [6, 6.07) is 11.7. The SMILES string of the molecule is CCc1ccc(-c2nn(-c3ccc(Cl)cc3)cc2N)s1. The van der Waals surface area contributed by atoms with Gasteiger partial charge in [0.1, 0.15) is 5.69 Å². The molecule has 3 rings (SSSR count). The highest BCUT2D eigenvalue weighted by Crippen LogP contribution is 2.31. The molecule has 3 aromatic rings. The van der Waals surface area contributed by atoms with Crippen molar-refractivity contribution in [3.8, 4) is 16.3 Å². The summed E-state index contributed by atoms with van der Waals surface area (Å²) in [5, 5.41) is 5.29. The van der Waals surface area contributed by atoms with Crippen LogP contribution in [0.3, 0.4) is 0 Å². The van der Waals surface area contributed by atoms with E-state index < -0.39 is 0 Å². The van der Waals surface area contributed by atoms with E-state index in [9.17, 15) is 0 Å². The van der Waals surface area contributed by atoms with Gasteiger partial charge in [-0.25, -0.2) is 4.68 Å². The number of nitrogens with zero attached hydrogens (tertiary/aromatic N) is 2. The van der Waals surface area contributed by atoms with Crippen LogP contribution in [-0.2, 0) is 6.42 Å². The molecule has 0 bridgehead atoms. The van der Waals surface area contributed by atoms with E-state index in [4.69, 9.17) is 17.3 Å². The van der Waals surface area contributed by atoms with Gasteiger partial charge in [0, 0.05) is 9.90 Å². The van der Waals surface area contributed by atoms with Gasteiger partial charge in [0.25, 0.3) is 0 Å². The molecule has 0 aliphatic rings. The summed E-state index contributed by atoms with van der Waals surface area (Å²) in [5.41, 5.74) is 8.56. The van der Waals surface area contributed by atoms with Gasteiger partial charge >= 0.3 is 0 Å². The van der Waals surface area contributed by atoms with Crippen molar-refractivity contribution >= 4 is 28.6 Å². The largest absolute Gasteiger partial charge is 0.396 e. The van der Waals surface area contributed by atoms with Crippen LogP contribution in [0.2, 0.25) is 5.02 Å². The number of thiophene rings is 1. The van der Waals surface area contributed by atoms with Crippen molar-refractivity contribution in [2.45, 2.75) is 13.3 Å². The number of halogens is 1. The summed E-state index contributed by atoms with van der Waals surface area (Å²) in [6.45, 7) is 2.14. The van der Waals surface area contributed by atoms with Gasteiger partial charge in [-0.05, 0) is 42.8 Å². The molecular formula is C15H14ClN3S. The lowest BCUT2D eigenvalue weighted by Crippen LogP contribution is -1.93. The Morgan fingerprint density at radius 3 is 2.60 bits per heavy atom. The van der Waals surface area contributed by atoms with Crippen LogP contribution in [0.15, 0.2) is 42.6 Å². The van der Waals surface area contributed by atoms with Gasteiger partial charge in [-0.15, -0.1) is 11.3 Å². The van der Waals surface area contributed by atoms with E-state index in [2.05, 4.69) is 24.2 Å². The molecule has 0 fully saturated rings. The van der Waals surface area contributed by atoms with Crippen LogP contribution in [0.5, 0.6) is 0 Å². The van der Waals surface area contributed by atoms with E-state index >= 15 is 0 Å². The molecule has 0 unspecified atom stereocenters. The molecule has 0 atom stereocenters. The molecule has 0 aliphatic carbocycles. The molecule has 0 saturated carbocycles. The Labute approximate surface area is 126 Å². The third-order valence-corrected chi connectivity index (χ3v) is 4.57. The molecule has 2 N–H and O–H groups in total. The van der Waals surface area contributed by atoms with Gasteiger partial charge in [-0.2, -0.15) is 5.10 Å². The zero-order chi connectivity index (χ0) is 14.1. The number of hydrogen-bond donors (Lipinski definition) is 1. The number of aromatic nitrogens is 2. The minimum atomic E-state index is 0.685. The lowest BCUT2D eigenvalue weighted by molar-refractivity contribution is 0.885. The Hall–Kier alpha value is -1.78. The predicted molar refractivity (Wildman–Crippen MR) is 85.7 cm³/mol. The molecule has 0 radical (unpaired) electrons. The quantitative estimate of drug-likeness (QED) is 0.779. The van der Waals surface area contributed by atoms with Crippen LogP contribution in [-0.4, -0.2) is 9.78 Å². The first-order valence-electron chi connectivity index (χ1n) is 6.37. The van der Waals surface area contributed by atoms with Crippen LogP contribution in [0.25, 0.3) is 16.3 Å². The molecular weight excluding hydrogens is 290 g/mol. The van der Waals surface area contributed by atoms with Crippen molar-refractivity contribution in [3.05, 3.63) is 52.5 Å². The maximum atomic E-state index is 6.09. The standard InChI is InChI=1S/C15H14ClN3S/c1-2-12-7-8-14(20-12)15-13(17)9-19(18-15)11-5-3-10(16)4-6-11/h3-9H,2,17H2,1H3. The second-order valence-electron chi connectivity index (χ2n) is 4.47. The minimum absolute atomic E-state index is 0.685. The Morgan fingerprint density at radius 1 is 1.20 bits per heavy atom. The smallest absolute Gasteiger partial charge is 0.126 e. The molecule has 2 aromatic heterocycles. The second kappa shape index (κ2) is 5.31. The number of benzene rings is 1. The lowest BCUT2D eigenvalue weighted by atomic mass is 10.3. The summed E-state index contributed by atoms with van der Waals surface area (Å²) in [5.74, 6) is 0. The van der Waals surface area contributed by atoms with Gasteiger partial charge in [-0.3, -0.25) is 0 Å². The second-order valence-corrected chi connectivity index (χ2v) is 6.08. The van der Waals surface area contributed by atoms with Crippen molar-refractivity contribution in [2.24, 2.45) is 0 Å². The van der Waals surface area contributed by atoms with E-state index in [-0.39, 0.29) is 0 Å². The minimum Gasteiger partial charge on any atom is -0.396 e. The molecule has 0 amide bonds. The van der Waals surface area contributed by atoms with Crippen LogP contribution in [0.1, 0.15) is 11.8 Å². The van der Waals surface area contributed by atoms with Gasteiger partial charge in [0.2, 0.25) is 0 Å². The fourth-order valence-corrected chi connectivity index (χ4v) is 3.08. The van der Waals surface area contributed by atoms with Gasteiger partial charge in [-0.1, -0.05) is 18.5 Å². The molecule has 0 saturated heterocycles. The number of anilines is 1. The molecule has 5 heteroatoms. The summed E-state index contributed by atoms with van der Waals surface area (Å²) < 4.78 is 1.78. The zero-order valence-electron chi connectivity index (χ0n) is 11.0. The highest BCUT2D eigenvalue weighted by atomic mass is 35.5. The highest BCUT2D eigenvalue weighted by molar-refractivity contribution is 7.15. The first kappa shape index (κ1) is 13.2. The van der Waals surface area contributed by atoms with E-state index in [0.29, 0.717) is 10.7 Å². The van der Waals surface area contributed by atoms with Crippen molar-refractivity contribution in [3.63, 3.8) is 0 Å². The van der Waals surface area contributed by atoms with E-state index in [1.165, 1.54) is 4.88 Å². The molecule has 0 aliphatic heterocycles. The number of rotatable bonds is 3.